The van der Waals surface area contributed by atoms with Crippen LogP contribution in [0.1, 0.15) is 38.0 Å². The Morgan fingerprint density at radius 2 is 2.20 bits per heavy atom. The maximum absolute atomic E-state index is 5.64. The molecule has 1 atom stereocenters. The van der Waals surface area contributed by atoms with Gasteiger partial charge in [0.25, 0.3) is 5.95 Å². The van der Waals surface area contributed by atoms with Crippen molar-refractivity contribution in [1.29, 1.82) is 0 Å². The molecule has 0 radical (unpaired) electrons. The minimum absolute atomic E-state index is 0.203. The van der Waals surface area contributed by atoms with Gasteiger partial charge in [-0.3, -0.25) is 0 Å². The summed E-state index contributed by atoms with van der Waals surface area (Å²) in [6.45, 7) is 4.73. The highest BCUT2D eigenvalue weighted by Crippen LogP contribution is 2.21. The highest BCUT2D eigenvalue weighted by molar-refractivity contribution is 5.29. The van der Waals surface area contributed by atoms with Crippen molar-refractivity contribution in [2.45, 2.75) is 32.1 Å². The molecule has 2 rings (SSSR count). The van der Waals surface area contributed by atoms with Crippen molar-refractivity contribution in [3.8, 4) is 0 Å². The molecule has 2 heterocycles. The van der Waals surface area contributed by atoms with Gasteiger partial charge in [0, 0.05) is 19.6 Å². The quantitative estimate of drug-likeness (QED) is 0.806. The van der Waals surface area contributed by atoms with Gasteiger partial charge in [-0.15, -0.1) is 0 Å². The lowest BCUT2D eigenvalue weighted by Crippen LogP contribution is -2.19. The third-order valence-electron chi connectivity index (χ3n) is 2.95. The molecule has 0 bridgehead atoms. The van der Waals surface area contributed by atoms with E-state index in [0.29, 0.717) is 12.4 Å². The number of anilines is 1. The minimum Gasteiger partial charge on any atom is -0.338 e. The van der Waals surface area contributed by atoms with Crippen molar-refractivity contribution in [3.05, 3.63) is 5.89 Å². The molecule has 1 fully saturated rings. The van der Waals surface area contributed by atoms with Gasteiger partial charge in [-0.25, -0.2) is 0 Å². The van der Waals surface area contributed by atoms with Gasteiger partial charge in [0.2, 0.25) is 5.89 Å². The number of nitrogens with zero attached hydrogens (tertiary/aromatic N) is 3. The van der Waals surface area contributed by atoms with Crippen molar-refractivity contribution >= 4 is 5.95 Å². The summed E-state index contributed by atoms with van der Waals surface area (Å²) in [6.07, 6.45) is 3.38. The average molecular weight is 210 g/mol. The van der Waals surface area contributed by atoms with Crippen LogP contribution in [0.2, 0.25) is 0 Å². The average Bonchev–Trinajstić information content (AvgIpc) is 2.89. The fraction of sp³-hybridized carbons (Fsp3) is 0.800. The Hall–Kier alpha value is -1.10. The van der Waals surface area contributed by atoms with E-state index >= 15 is 0 Å². The van der Waals surface area contributed by atoms with Crippen molar-refractivity contribution < 1.29 is 4.52 Å². The van der Waals surface area contributed by atoms with E-state index in [1.807, 2.05) is 0 Å². The van der Waals surface area contributed by atoms with E-state index in [-0.39, 0.29) is 5.92 Å². The van der Waals surface area contributed by atoms with Gasteiger partial charge in [0.1, 0.15) is 0 Å². The summed E-state index contributed by atoms with van der Waals surface area (Å²) in [6, 6.07) is 0. The second-order valence-electron chi connectivity index (χ2n) is 3.97. The van der Waals surface area contributed by atoms with Crippen molar-refractivity contribution in [2.24, 2.45) is 5.73 Å². The molecule has 1 aliphatic rings. The van der Waals surface area contributed by atoms with Gasteiger partial charge in [0.15, 0.2) is 0 Å². The summed E-state index contributed by atoms with van der Waals surface area (Å²) in [5.41, 5.74) is 5.64. The topological polar surface area (TPSA) is 68.2 Å². The lowest BCUT2D eigenvalue weighted by atomic mass is 10.1. The highest BCUT2D eigenvalue weighted by atomic mass is 16.5. The summed E-state index contributed by atoms with van der Waals surface area (Å²) >= 11 is 0. The molecule has 15 heavy (non-hydrogen) atoms. The molecule has 0 spiro atoms. The van der Waals surface area contributed by atoms with Crippen LogP contribution in [0.5, 0.6) is 0 Å². The summed E-state index contributed by atoms with van der Waals surface area (Å²) in [5, 5.41) is 4.00. The maximum atomic E-state index is 5.64. The molecule has 1 unspecified atom stereocenters. The minimum atomic E-state index is 0.203. The zero-order valence-corrected chi connectivity index (χ0v) is 9.15. The Morgan fingerprint density at radius 1 is 1.47 bits per heavy atom. The Labute approximate surface area is 89.6 Å². The van der Waals surface area contributed by atoms with E-state index in [4.69, 9.17) is 10.3 Å². The zero-order valence-electron chi connectivity index (χ0n) is 9.15. The monoisotopic (exact) mass is 210 g/mol. The predicted molar refractivity (Wildman–Crippen MR) is 57.8 cm³/mol. The van der Waals surface area contributed by atoms with Gasteiger partial charge in [-0.1, -0.05) is 6.92 Å². The molecule has 1 saturated heterocycles. The molecule has 1 aromatic heterocycles. The second-order valence-corrected chi connectivity index (χ2v) is 3.97. The smallest absolute Gasteiger partial charge is 0.266 e. The predicted octanol–water partition coefficient (Wildman–Crippen LogP) is 1.12. The fourth-order valence-corrected chi connectivity index (χ4v) is 1.88. The van der Waals surface area contributed by atoms with Crippen LogP contribution in [0, 0.1) is 0 Å². The summed E-state index contributed by atoms with van der Waals surface area (Å²) < 4.78 is 5.24. The molecule has 0 saturated carbocycles. The fourth-order valence-electron chi connectivity index (χ4n) is 1.88. The molecule has 2 N–H and O–H groups in total. The van der Waals surface area contributed by atoms with Gasteiger partial charge < -0.3 is 15.2 Å². The third-order valence-corrected chi connectivity index (χ3v) is 2.95. The Bertz CT molecular complexity index is 286. The van der Waals surface area contributed by atoms with Gasteiger partial charge in [0.05, 0.1) is 5.92 Å². The summed E-state index contributed by atoms with van der Waals surface area (Å²) in [7, 11) is 0. The Kier molecular flexibility index (Phi) is 3.20. The van der Waals surface area contributed by atoms with Crippen molar-refractivity contribution in [3.63, 3.8) is 0 Å². The van der Waals surface area contributed by atoms with Crippen molar-refractivity contribution in [1.82, 2.24) is 10.1 Å². The van der Waals surface area contributed by atoms with Crippen LogP contribution in [0.3, 0.4) is 0 Å². The molecule has 5 nitrogen and oxygen atoms in total. The highest BCUT2D eigenvalue weighted by Gasteiger charge is 2.20. The Balaban J connectivity index is 2.08. The van der Waals surface area contributed by atoms with E-state index < -0.39 is 0 Å². The van der Waals surface area contributed by atoms with Crippen LogP contribution in [0.15, 0.2) is 4.52 Å². The zero-order chi connectivity index (χ0) is 10.7. The van der Waals surface area contributed by atoms with Crippen LogP contribution in [-0.2, 0) is 0 Å². The van der Waals surface area contributed by atoms with Gasteiger partial charge in [-0.05, 0) is 24.4 Å². The van der Waals surface area contributed by atoms with Gasteiger partial charge in [-0.2, -0.15) is 4.98 Å². The van der Waals surface area contributed by atoms with Crippen molar-refractivity contribution in [2.75, 3.05) is 24.5 Å². The van der Waals surface area contributed by atoms with Crippen LogP contribution in [0.4, 0.5) is 5.95 Å². The number of hydrogen-bond acceptors (Lipinski definition) is 5. The molecule has 0 aromatic carbocycles. The Morgan fingerprint density at radius 3 is 2.80 bits per heavy atom. The molecule has 1 aromatic rings. The maximum Gasteiger partial charge on any atom is 0.266 e. The lowest BCUT2D eigenvalue weighted by Gasteiger charge is -2.10. The number of hydrogen-bond donors (Lipinski definition) is 1. The normalized spacial score (nSPS) is 18.4. The van der Waals surface area contributed by atoms with E-state index in [1.54, 1.807) is 0 Å². The van der Waals surface area contributed by atoms with E-state index in [2.05, 4.69) is 22.0 Å². The first-order valence-corrected chi connectivity index (χ1v) is 5.63. The van der Waals surface area contributed by atoms with E-state index in [0.717, 1.165) is 25.5 Å². The molecular formula is C10H18N4O. The first-order chi connectivity index (χ1) is 7.35. The van der Waals surface area contributed by atoms with E-state index in [1.165, 1.54) is 12.8 Å². The largest absolute Gasteiger partial charge is 0.338 e. The summed E-state index contributed by atoms with van der Waals surface area (Å²) in [5.74, 6) is 1.62. The molecule has 0 aliphatic carbocycles. The summed E-state index contributed by atoms with van der Waals surface area (Å²) in [4.78, 5) is 6.57. The van der Waals surface area contributed by atoms with E-state index in [9.17, 15) is 0 Å². The first kappa shape index (κ1) is 10.4. The standard InChI is InChI=1S/C10H18N4O/c1-2-8(7-11)9-12-10(13-15-9)14-5-3-4-6-14/h8H,2-7,11H2,1H3. The molecule has 84 valence electrons. The third kappa shape index (κ3) is 2.12. The van der Waals surface area contributed by atoms with Crippen LogP contribution >= 0.6 is 0 Å². The molecule has 5 heteroatoms. The molecular weight excluding hydrogens is 192 g/mol. The van der Waals surface area contributed by atoms with Gasteiger partial charge >= 0.3 is 0 Å². The van der Waals surface area contributed by atoms with Crippen LogP contribution < -0.4 is 10.6 Å². The molecule has 1 aliphatic heterocycles. The SMILES string of the molecule is CCC(CN)c1nc(N2CCCC2)no1. The number of rotatable bonds is 4. The number of nitrogens with two attached hydrogens (primary N) is 1. The van der Waals surface area contributed by atoms with Crippen LogP contribution in [0.25, 0.3) is 0 Å². The first-order valence-electron chi connectivity index (χ1n) is 5.63. The molecule has 0 amide bonds. The van der Waals surface area contributed by atoms with Crippen LogP contribution in [-0.4, -0.2) is 29.8 Å². The number of aromatic nitrogens is 2. The lowest BCUT2D eigenvalue weighted by molar-refractivity contribution is 0.351. The second kappa shape index (κ2) is 4.61.